The summed E-state index contributed by atoms with van der Waals surface area (Å²) in [5, 5.41) is 0. The molecule has 15 heavy (non-hydrogen) atoms. The van der Waals surface area contributed by atoms with Gasteiger partial charge in [0.15, 0.2) is 0 Å². The Kier molecular flexibility index (Phi) is 3.48. The van der Waals surface area contributed by atoms with Gasteiger partial charge in [-0.2, -0.15) is 8.42 Å². The number of hydrogen-bond acceptors (Lipinski definition) is 4. The highest BCUT2D eigenvalue weighted by Crippen LogP contribution is 2.38. The quantitative estimate of drug-likeness (QED) is 0.671. The number of phosphoric acid groups is 1. The van der Waals surface area contributed by atoms with Gasteiger partial charge >= 0.3 is 18.1 Å². The summed E-state index contributed by atoms with van der Waals surface area (Å²) < 4.78 is 37.7. The molecule has 3 N–H and O–H groups in total. The zero-order valence-electron chi connectivity index (χ0n) is 7.27. The summed E-state index contributed by atoms with van der Waals surface area (Å²) in [5.41, 5.74) is 0.144. The predicted octanol–water partition coefficient (Wildman–Crippen LogP) is 0.453. The standard InChI is InChI=1S/C6H8NO6PS/c8-14(9,10)13-15(11,12)7-6-4-2-1-3-5-6/h1-5,7H,(H2,8,9,10). The number of hydrogen-bond donors (Lipinski definition) is 3. The Morgan fingerprint density at radius 2 is 1.73 bits per heavy atom. The molecule has 0 bridgehead atoms. The van der Waals surface area contributed by atoms with Crippen LogP contribution >= 0.6 is 7.82 Å². The molecule has 1 rings (SSSR count). The van der Waals surface area contributed by atoms with Crippen LogP contribution in [0.1, 0.15) is 0 Å². The third-order valence-electron chi connectivity index (χ3n) is 1.21. The van der Waals surface area contributed by atoms with Crippen molar-refractivity contribution in [3.05, 3.63) is 30.3 Å². The fraction of sp³-hybridized carbons (Fsp3) is 0. The maximum Gasteiger partial charge on any atom is 0.485 e. The van der Waals surface area contributed by atoms with Crippen LogP contribution in [0.25, 0.3) is 0 Å². The number of nitrogens with one attached hydrogen (secondary N) is 1. The summed E-state index contributed by atoms with van der Waals surface area (Å²) in [4.78, 5) is 16.6. The van der Waals surface area contributed by atoms with Gasteiger partial charge in [-0.05, 0) is 12.1 Å². The smallest absolute Gasteiger partial charge is 0.302 e. The lowest BCUT2D eigenvalue weighted by Crippen LogP contribution is -2.14. The Labute approximate surface area is 86.2 Å². The lowest BCUT2D eigenvalue weighted by molar-refractivity contribution is 0.286. The number of para-hydroxylation sites is 1. The van der Waals surface area contributed by atoms with Crippen LogP contribution in [-0.4, -0.2) is 18.2 Å². The first-order valence-electron chi connectivity index (χ1n) is 3.63. The van der Waals surface area contributed by atoms with E-state index in [1.54, 1.807) is 18.2 Å². The molecule has 0 fully saturated rings. The van der Waals surface area contributed by atoms with Crippen LogP contribution in [0.2, 0.25) is 0 Å². The van der Waals surface area contributed by atoms with Crippen molar-refractivity contribution >= 4 is 23.8 Å². The Morgan fingerprint density at radius 1 is 1.20 bits per heavy atom. The molecule has 0 spiro atoms. The van der Waals surface area contributed by atoms with Crippen molar-refractivity contribution in [2.75, 3.05) is 4.72 Å². The van der Waals surface area contributed by atoms with Gasteiger partial charge in [-0.15, -0.1) is 3.97 Å². The van der Waals surface area contributed by atoms with E-state index in [-0.39, 0.29) is 5.69 Å². The van der Waals surface area contributed by atoms with E-state index in [0.29, 0.717) is 0 Å². The van der Waals surface area contributed by atoms with Crippen LogP contribution in [-0.2, 0) is 18.8 Å². The molecule has 1 aromatic carbocycles. The Morgan fingerprint density at radius 3 is 2.20 bits per heavy atom. The van der Waals surface area contributed by atoms with Crippen LogP contribution in [0.5, 0.6) is 0 Å². The summed E-state index contributed by atoms with van der Waals surface area (Å²) >= 11 is 0. The first-order valence-corrected chi connectivity index (χ1v) is 6.57. The molecule has 9 heteroatoms. The molecule has 0 aliphatic heterocycles. The van der Waals surface area contributed by atoms with E-state index in [0.717, 1.165) is 0 Å². The highest BCUT2D eigenvalue weighted by atomic mass is 32.2. The summed E-state index contributed by atoms with van der Waals surface area (Å²) in [6, 6.07) is 7.56. The van der Waals surface area contributed by atoms with E-state index in [1.165, 1.54) is 12.1 Å². The van der Waals surface area contributed by atoms with Gasteiger partial charge in [0.2, 0.25) is 0 Å². The SMILES string of the molecule is O=P(O)(O)OS(=O)(=O)Nc1ccccc1. The average molecular weight is 253 g/mol. The fourth-order valence-electron chi connectivity index (χ4n) is 0.797. The van der Waals surface area contributed by atoms with Gasteiger partial charge in [-0.3, -0.25) is 4.72 Å². The van der Waals surface area contributed by atoms with Crippen molar-refractivity contribution in [3.63, 3.8) is 0 Å². The maximum atomic E-state index is 11.0. The molecule has 84 valence electrons. The highest BCUT2D eigenvalue weighted by molar-refractivity contribution is 7.91. The minimum atomic E-state index is -5.07. The molecule has 0 aliphatic rings. The summed E-state index contributed by atoms with van der Waals surface area (Å²) in [6.45, 7) is 0. The van der Waals surface area contributed by atoms with Gasteiger partial charge in [0.05, 0.1) is 5.69 Å². The summed E-state index contributed by atoms with van der Waals surface area (Å²) in [6.07, 6.45) is 0. The van der Waals surface area contributed by atoms with Gasteiger partial charge < -0.3 is 9.79 Å². The zero-order valence-corrected chi connectivity index (χ0v) is 8.98. The molecule has 0 unspecified atom stereocenters. The summed E-state index contributed by atoms with van der Waals surface area (Å²) in [5.74, 6) is 0. The van der Waals surface area contributed by atoms with Crippen LogP contribution in [0.4, 0.5) is 5.69 Å². The Bertz CT molecular complexity index is 466. The average Bonchev–Trinajstić information content (AvgIpc) is 1.99. The normalized spacial score (nSPS) is 12.4. The Balaban J connectivity index is 2.79. The second-order valence-electron chi connectivity index (χ2n) is 2.49. The topological polar surface area (TPSA) is 113 Å². The predicted molar refractivity (Wildman–Crippen MR) is 52.1 cm³/mol. The molecule has 0 aliphatic carbocycles. The Hall–Kier alpha value is -0.920. The lowest BCUT2D eigenvalue weighted by Gasteiger charge is -2.07. The molecule has 0 aromatic heterocycles. The van der Waals surface area contributed by atoms with E-state index < -0.39 is 18.1 Å². The lowest BCUT2D eigenvalue weighted by atomic mass is 10.3. The molecule has 0 saturated carbocycles. The van der Waals surface area contributed by atoms with Crippen LogP contribution in [0, 0.1) is 0 Å². The van der Waals surface area contributed by atoms with Crippen molar-refractivity contribution < 1.29 is 26.7 Å². The maximum absolute atomic E-state index is 11.0. The van der Waals surface area contributed by atoms with Crippen molar-refractivity contribution in [2.24, 2.45) is 0 Å². The molecule has 1 aromatic rings. The van der Waals surface area contributed by atoms with Crippen LogP contribution in [0.15, 0.2) is 30.3 Å². The van der Waals surface area contributed by atoms with Crippen molar-refractivity contribution in [2.45, 2.75) is 0 Å². The van der Waals surface area contributed by atoms with Crippen LogP contribution in [0.3, 0.4) is 0 Å². The van der Waals surface area contributed by atoms with Gasteiger partial charge in [0.1, 0.15) is 0 Å². The largest absolute Gasteiger partial charge is 0.485 e. The first kappa shape index (κ1) is 12.2. The molecule has 7 nitrogen and oxygen atoms in total. The second kappa shape index (κ2) is 4.30. The van der Waals surface area contributed by atoms with E-state index >= 15 is 0 Å². The van der Waals surface area contributed by atoms with Crippen molar-refractivity contribution in [3.8, 4) is 0 Å². The number of rotatable bonds is 4. The van der Waals surface area contributed by atoms with Crippen LogP contribution < -0.4 is 4.72 Å². The second-order valence-corrected chi connectivity index (χ2v) is 5.18. The molecular weight excluding hydrogens is 245 g/mol. The molecule has 0 saturated heterocycles. The summed E-state index contributed by atoms with van der Waals surface area (Å²) in [7, 11) is -9.58. The number of anilines is 1. The third-order valence-corrected chi connectivity index (χ3v) is 3.26. The van der Waals surface area contributed by atoms with E-state index in [4.69, 9.17) is 9.79 Å². The van der Waals surface area contributed by atoms with E-state index in [1.807, 2.05) is 4.72 Å². The molecule has 0 heterocycles. The monoisotopic (exact) mass is 253 g/mol. The zero-order chi connectivity index (χ0) is 11.5. The third kappa shape index (κ3) is 4.91. The van der Waals surface area contributed by atoms with E-state index in [9.17, 15) is 13.0 Å². The van der Waals surface area contributed by atoms with Gasteiger partial charge in [0.25, 0.3) is 0 Å². The first-order chi connectivity index (χ1) is 6.79. The number of benzene rings is 1. The minimum Gasteiger partial charge on any atom is -0.302 e. The minimum absolute atomic E-state index is 0.144. The van der Waals surface area contributed by atoms with Crippen molar-refractivity contribution in [1.29, 1.82) is 0 Å². The van der Waals surface area contributed by atoms with Gasteiger partial charge in [-0.25, -0.2) is 4.57 Å². The van der Waals surface area contributed by atoms with E-state index in [2.05, 4.69) is 3.97 Å². The van der Waals surface area contributed by atoms with Gasteiger partial charge in [0, 0.05) is 0 Å². The molecule has 0 radical (unpaired) electrons. The van der Waals surface area contributed by atoms with Crippen molar-refractivity contribution in [1.82, 2.24) is 0 Å². The fourth-order valence-corrected chi connectivity index (χ4v) is 2.39. The highest BCUT2D eigenvalue weighted by Gasteiger charge is 2.25. The molecule has 0 amide bonds. The molecule has 0 atom stereocenters. The van der Waals surface area contributed by atoms with Gasteiger partial charge in [-0.1, -0.05) is 18.2 Å². The molecular formula is C6H8NO6PS.